The molecule has 1 amide bonds. The Balaban J connectivity index is 1.88. The Labute approximate surface area is 111 Å². The highest BCUT2D eigenvalue weighted by Crippen LogP contribution is 2.06. The first-order valence-corrected chi connectivity index (χ1v) is 6.06. The van der Waals surface area contributed by atoms with E-state index in [1.807, 2.05) is 11.9 Å². The van der Waals surface area contributed by atoms with Crippen molar-refractivity contribution in [1.82, 2.24) is 19.4 Å². The van der Waals surface area contributed by atoms with Crippen molar-refractivity contribution in [2.45, 2.75) is 0 Å². The van der Waals surface area contributed by atoms with E-state index >= 15 is 0 Å². The summed E-state index contributed by atoms with van der Waals surface area (Å²) in [4.78, 5) is 20.0. The Morgan fingerprint density at radius 1 is 1.47 bits per heavy atom. The van der Waals surface area contributed by atoms with Crippen molar-refractivity contribution in [3.8, 4) is 0 Å². The monoisotopic (exact) mass is 266 g/mol. The highest BCUT2D eigenvalue weighted by molar-refractivity contribution is 5.92. The van der Waals surface area contributed by atoms with E-state index in [9.17, 15) is 4.79 Å². The van der Waals surface area contributed by atoms with Gasteiger partial charge in [0, 0.05) is 39.4 Å². The summed E-state index contributed by atoms with van der Waals surface area (Å²) < 4.78 is 1.75. The Hall–Kier alpha value is -2.09. The van der Waals surface area contributed by atoms with Gasteiger partial charge in [-0.1, -0.05) is 5.16 Å². The van der Waals surface area contributed by atoms with Crippen molar-refractivity contribution < 1.29 is 10.0 Å². The van der Waals surface area contributed by atoms with E-state index in [-0.39, 0.29) is 11.7 Å². The number of aromatic nitrogens is 2. The second-order valence-electron chi connectivity index (χ2n) is 4.58. The Bertz CT molecular complexity index is 475. The number of carbonyl (C=O) groups excluding carboxylic acids is 1. The molecule has 8 nitrogen and oxygen atoms in total. The molecule has 2 heterocycles. The van der Waals surface area contributed by atoms with Gasteiger partial charge >= 0.3 is 0 Å². The number of amides is 1. The van der Waals surface area contributed by atoms with Crippen LogP contribution in [0.5, 0.6) is 0 Å². The van der Waals surface area contributed by atoms with Crippen molar-refractivity contribution in [1.29, 1.82) is 0 Å². The normalized spacial score (nSPS) is 17.7. The average molecular weight is 266 g/mol. The lowest BCUT2D eigenvalue weighted by atomic mass is 10.3. The summed E-state index contributed by atoms with van der Waals surface area (Å²) in [5.41, 5.74) is 5.92. The number of imidazole rings is 1. The molecule has 0 aliphatic carbocycles. The quantitative estimate of drug-likeness (QED) is 0.314. The molecule has 1 fully saturated rings. The predicted molar refractivity (Wildman–Crippen MR) is 69.0 cm³/mol. The van der Waals surface area contributed by atoms with Crippen LogP contribution in [-0.2, 0) is 7.05 Å². The number of amidine groups is 1. The fourth-order valence-electron chi connectivity index (χ4n) is 2.06. The molecule has 1 aromatic rings. The molecule has 1 aliphatic rings. The Morgan fingerprint density at radius 3 is 2.68 bits per heavy atom. The number of aryl methyl sites for hydroxylation is 1. The lowest BCUT2D eigenvalue weighted by molar-refractivity contribution is 0.0648. The third-order valence-corrected chi connectivity index (χ3v) is 3.10. The van der Waals surface area contributed by atoms with Gasteiger partial charge in [0.15, 0.2) is 5.84 Å². The minimum absolute atomic E-state index is 0.0518. The van der Waals surface area contributed by atoms with Gasteiger partial charge in [-0.2, -0.15) is 0 Å². The summed E-state index contributed by atoms with van der Waals surface area (Å²) in [6.45, 7) is 3.06. The van der Waals surface area contributed by atoms with Crippen LogP contribution in [-0.4, -0.2) is 69.0 Å². The summed E-state index contributed by atoms with van der Waals surface area (Å²) in [6, 6.07) is 0. The molecule has 0 unspecified atom stereocenters. The van der Waals surface area contributed by atoms with E-state index in [0.717, 1.165) is 0 Å². The molecule has 104 valence electrons. The van der Waals surface area contributed by atoms with Crippen LogP contribution in [0.3, 0.4) is 0 Å². The smallest absolute Gasteiger partial charge is 0.274 e. The maximum absolute atomic E-state index is 12.1. The van der Waals surface area contributed by atoms with Crippen LogP contribution in [0.2, 0.25) is 0 Å². The number of piperazine rings is 1. The second-order valence-corrected chi connectivity index (χ2v) is 4.58. The molecular formula is C11H18N6O2. The van der Waals surface area contributed by atoms with Gasteiger partial charge in [0.1, 0.15) is 5.69 Å². The summed E-state index contributed by atoms with van der Waals surface area (Å²) in [5, 5.41) is 11.5. The van der Waals surface area contributed by atoms with E-state index < -0.39 is 0 Å². The topological polar surface area (TPSA) is 100.0 Å². The zero-order valence-electron chi connectivity index (χ0n) is 10.9. The highest BCUT2D eigenvalue weighted by atomic mass is 16.4. The fourth-order valence-corrected chi connectivity index (χ4v) is 2.06. The fraction of sp³-hybridized carbons (Fsp3) is 0.545. The van der Waals surface area contributed by atoms with E-state index in [4.69, 9.17) is 10.9 Å². The number of nitrogens with zero attached hydrogens (tertiary/aromatic N) is 5. The largest absolute Gasteiger partial charge is 0.409 e. The van der Waals surface area contributed by atoms with Gasteiger partial charge in [-0.3, -0.25) is 9.69 Å². The summed E-state index contributed by atoms with van der Waals surface area (Å²) >= 11 is 0. The SMILES string of the molecule is Cn1cnc(C(=O)N2CCN(CC(N)=NO)CC2)c1. The highest BCUT2D eigenvalue weighted by Gasteiger charge is 2.23. The lowest BCUT2D eigenvalue weighted by Crippen LogP contribution is -2.50. The lowest BCUT2D eigenvalue weighted by Gasteiger charge is -2.33. The van der Waals surface area contributed by atoms with Gasteiger partial charge in [-0.15, -0.1) is 0 Å². The van der Waals surface area contributed by atoms with E-state index in [0.29, 0.717) is 38.4 Å². The molecule has 1 aromatic heterocycles. The first-order valence-electron chi connectivity index (χ1n) is 6.06. The Kier molecular flexibility index (Phi) is 4.00. The Morgan fingerprint density at radius 2 is 2.16 bits per heavy atom. The zero-order chi connectivity index (χ0) is 13.8. The first-order chi connectivity index (χ1) is 9.10. The van der Waals surface area contributed by atoms with Crippen molar-refractivity contribution in [2.75, 3.05) is 32.7 Å². The molecule has 0 radical (unpaired) electrons. The van der Waals surface area contributed by atoms with Crippen LogP contribution >= 0.6 is 0 Å². The molecule has 0 aromatic carbocycles. The van der Waals surface area contributed by atoms with Crippen LogP contribution < -0.4 is 5.73 Å². The maximum Gasteiger partial charge on any atom is 0.274 e. The van der Waals surface area contributed by atoms with Crippen LogP contribution in [0.15, 0.2) is 17.7 Å². The molecule has 0 atom stereocenters. The summed E-state index contributed by atoms with van der Waals surface area (Å²) in [5.74, 6) is 0.133. The minimum atomic E-state index is -0.0518. The van der Waals surface area contributed by atoms with Gasteiger partial charge in [0.25, 0.3) is 5.91 Å². The van der Waals surface area contributed by atoms with Crippen molar-refractivity contribution in [2.24, 2.45) is 17.9 Å². The summed E-state index contributed by atoms with van der Waals surface area (Å²) in [7, 11) is 1.83. The number of rotatable bonds is 3. The molecule has 0 saturated carbocycles. The van der Waals surface area contributed by atoms with Gasteiger partial charge in [0.2, 0.25) is 0 Å². The van der Waals surface area contributed by atoms with Crippen molar-refractivity contribution in [3.05, 3.63) is 18.2 Å². The van der Waals surface area contributed by atoms with Crippen LogP contribution in [0, 0.1) is 0 Å². The van der Waals surface area contributed by atoms with Crippen LogP contribution in [0.1, 0.15) is 10.5 Å². The number of hydrogen-bond donors (Lipinski definition) is 2. The minimum Gasteiger partial charge on any atom is -0.409 e. The third kappa shape index (κ3) is 3.22. The van der Waals surface area contributed by atoms with Gasteiger partial charge in [-0.25, -0.2) is 4.98 Å². The van der Waals surface area contributed by atoms with Gasteiger partial charge in [-0.05, 0) is 0 Å². The van der Waals surface area contributed by atoms with E-state index in [1.165, 1.54) is 0 Å². The zero-order valence-corrected chi connectivity index (χ0v) is 10.9. The third-order valence-electron chi connectivity index (χ3n) is 3.10. The van der Waals surface area contributed by atoms with E-state index in [2.05, 4.69) is 10.1 Å². The first kappa shape index (κ1) is 13.3. The molecule has 1 saturated heterocycles. The molecule has 1 aliphatic heterocycles. The van der Waals surface area contributed by atoms with Crippen LogP contribution in [0.25, 0.3) is 0 Å². The number of hydrogen-bond acceptors (Lipinski definition) is 5. The molecule has 0 bridgehead atoms. The maximum atomic E-state index is 12.1. The predicted octanol–water partition coefficient (Wildman–Crippen LogP) is -1.08. The van der Waals surface area contributed by atoms with Crippen molar-refractivity contribution >= 4 is 11.7 Å². The molecule has 8 heteroatoms. The molecule has 3 N–H and O–H groups in total. The number of nitrogens with two attached hydrogens (primary N) is 1. The van der Waals surface area contributed by atoms with Crippen LogP contribution in [0.4, 0.5) is 0 Å². The standard InChI is InChI=1S/C11H18N6O2/c1-15-6-9(13-8-15)11(18)17-4-2-16(3-5-17)7-10(12)14-19/h6,8,19H,2-5,7H2,1H3,(H2,12,14). The van der Waals surface area contributed by atoms with Gasteiger partial charge in [0.05, 0.1) is 12.9 Å². The molecule has 2 rings (SSSR count). The van der Waals surface area contributed by atoms with Gasteiger partial charge < -0.3 is 20.4 Å². The number of oxime groups is 1. The molecule has 0 spiro atoms. The van der Waals surface area contributed by atoms with Crippen molar-refractivity contribution in [3.63, 3.8) is 0 Å². The van der Waals surface area contributed by atoms with E-state index in [1.54, 1.807) is 22.0 Å². The number of carbonyl (C=O) groups is 1. The average Bonchev–Trinajstić information content (AvgIpc) is 2.85. The molecular weight excluding hydrogens is 248 g/mol. The second kappa shape index (κ2) is 5.70. The molecule has 19 heavy (non-hydrogen) atoms. The summed E-state index contributed by atoms with van der Waals surface area (Å²) in [6.07, 6.45) is 3.33.